The number of hydrogen-bond acceptors (Lipinski definition) is 4. The van der Waals surface area contributed by atoms with Crippen LogP contribution in [0, 0.1) is 0 Å². The van der Waals surface area contributed by atoms with E-state index >= 15 is 0 Å². The second-order valence-corrected chi connectivity index (χ2v) is 2.44. The lowest BCUT2D eigenvalue weighted by atomic mass is 10.3. The van der Waals surface area contributed by atoms with Gasteiger partial charge >= 0.3 is 0 Å². The summed E-state index contributed by atoms with van der Waals surface area (Å²) in [6, 6.07) is 0.103. The number of aromatic nitrogens is 1. The fraction of sp³-hybridized carbons (Fsp3) is 0.571. The van der Waals surface area contributed by atoms with E-state index in [2.05, 4.69) is 10.3 Å². The molecular weight excluding hydrogens is 144 g/mol. The molecule has 62 valence electrons. The Bertz CT molecular complexity index is 186. The van der Waals surface area contributed by atoms with Gasteiger partial charge in [0.2, 0.25) is 0 Å². The third-order valence-corrected chi connectivity index (χ3v) is 1.39. The largest absolute Gasteiger partial charge is 0.451 e. The van der Waals surface area contributed by atoms with E-state index in [0.717, 1.165) is 5.69 Å². The van der Waals surface area contributed by atoms with E-state index < -0.39 is 0 Å². The van der Waals surface area contributed by atoms with Gasteiger partial charge in [0, 0.05) is 12.6 Å². The molecule has 1 rings (SSSR count). The molecule has 1 atom stereocenters. The van der Waals surface area contributed by atoms with Crippen molar-refractivity contribution in [2.24, 2.45) is 0 Å². The zero-order valence-corrected chi connectivity index (χ0v) is 6.45. The summed E-state index contributed by atoms with van der Waals surface area (Å²) in [5.41, 5.74) is 0.852. The molecule has 0 aliphatic rings. The zero-order valence-electron chi connectivity index (χ0n) is 6.45. The van der Waals surface area contributed by atoms with E-state index in [4.69, 9.17) is 9.52 Å². The maximum absolute atomic E-state index is 8.66. The van der Waals surface area contributed by atoms with Gasteiger partial charge in [-0.25, -0.2) is 4.98 Å². The minimum absolute atomic E-state index is 0.103. The predicted molar refractivity (Wildman–Crippen MR) is 39.9 cm³/mol. The van der Waals surface area contributed by atoms with Gasteiger partial charge in [-0.15, -0.1) is 0 Å². The van der Waals surface area contributed by atoms with Gasteiger partial charge in [0.05, 0.1) is 12.3 Å². The summed E-state index contributed by atoms with van der Waals surface area (Å²) in [6.45, 7) is 2.68. The molecule has 0 spiro atoms. The molecule has 0 aliphatic carbocycles. The minimum Gasteiger partial charge on any atom is -0.451 e. The normalized spacial score (nSPS) is 13.3. The lowest BCUT2D eigenvalue weighted by Crippen LogP contribution is -2.28. The molecule has 0 aromatic carbocycles. The van der Waals surface area contributed by atoms with Crippen molar-refractivity contribution in [3.63, 3.8) is 0 Å². The number of nitrogens with zero attached hydrogens (tertiary/aromatic N) is 1. The Morgan fingerprint density at radius 1 is 1.82 bits per heavy atom. The van der Waals surface area contributed by atoms with Crippen molar-refractivity contribution in [1.82, 2.24) is 10.3 Å². The summed E-state index contributed by atoms with van der Waals surface area (Å²) >= 11 is 0. The second-order valence-electron chi connectivity index (χ2n) is 2.44. The van der Waals surface area contributed by atoms with Crippen LogP contribution in [-0.2, 0) is 6.54 Å². The third-order valence-electron chi connectivity index (χ3n) is 1.39. The van der Waals surface area contributed by atoms with Gasteiger partial charge in [-0.2, -0.15) is 0 Å². The van der Waals surface area contributed by atoms with Gasteiger partial charge in [-0.1, -0.05) is 0 Å². The van der Waals surface area contributed by atoms with E-state index in [1.54, 1.807) is 6.26 Å². The number of hydrogen-bond donors (Lipinski definition) is 2. The average Bonchev–Trinajstić information content (AvgIpc) is 2.52. The van der Waals surface area contributed by atoms with Gasteiger partial charge in [0.1, 0.15) is 6.26 Å². The average molecular weight is 156 g/mol. The lowest BCUT2D eigenvalue weighted by molar-refractivity contribution is 0.250. The van der Waals surface area contributed by atoms with Crippen molar-refractivity contribution < 1.29 is 9.52 Å². The molecule has 11 heavy (non-hydrogen) atoms. The first kappa shape index (κ1) is 8.23. The number of oxazole rings is 1. The molecule has 0 fully saturated rings. The number of aliphatic hydroxyl groups is 1. The predicted octanol–water partition coefficient (Wildman–Crippen LogP) is 0.145. The summed E-state index contributed by atoms with van der Waals surface area (Å²) in [7, 11) is 0. The summed E-state index contributed by atoms with van der Waals surface area (Å²) in [6.07, 6.45) is 2.97. The Morgan fingerprint density at radius 3 is 3.18 bits per heavy atom. The first-order chi connectivity index (χ1) is 5.33. The van der Waals surface area contributed by atoms with Gasteiger partial charge < -0.3 is 14.8 Å². The Kier molecular flexibility index (Phi) is 3.07. The van der Waals surface area contributed by atoms with Crippen molar-refractivity contribution in [1.29, 1.82) is 0 Å². The molecule has 0 aliphatic heterocycles. The van der Waals surface area contributed by atoms with E-state index in [1.165, 1.54) is 6.39 Å². The summed E-state index contributed by atoms with van der Waals surface area (Å²) in [5.74, 6) is 0. The van der Waals surface area contributed by atoms with Crippen LogP contribution in [0.3, 0.4) is 0 Å². The molecule has 0 unspecified atom stereocenters. The van der Waals surface area contributed by atoms with Gasteiger partial charge in [0.25, 0.3) is 0 Å². The highest BCUT2D eigenvalue weighted by atomic mass is 16.3. The molecule has 4 nitrogen and oxygen atoms in total. The third kappa shape index (κ3) is 2.69. The molecule has 1 aromatic heterocycles. The Balaban J connectivity index is 2.23. The summed E-state index contributed by atoms with van der Waals surface area (Å²) in [5, 5.41) is 11.7. The SMILES string of the molecule is C[C@@H](CO)NCc1cocn1. The first-order valence-electron chi connectivity index (χ1n) is 3.54. The van der Waals surface area contributed by atoms with Crippen LogP contribution in [0.25, 0.3) is 0 Å². The molecule has 0 radical (unpaired) electrons. The maximum Gasteiger partial charge on any atom is 0.180 e. The van der Waals surface area contributed by atoms with E-state index in [-0.39, 0.29) is 12.6 Å². The van der Waals surface area contributed by atoms with Crippen LogP contribution in [0.1, 0.15) is 12.6 Å². The van der Waals surface area contributed by atoms with Gasteiger partial charge in [0.15, 0.2) is 6.39 Å². The van der Waals surface area contributed by atoms with Crippen LogP contribution in [0.4, 0.5) is 0 Å². The van der Waals surface area contributed by atoms with Crippen molar-refractivity contribution in [2.45, 2.75) is 19.5 Å². The standard InChI is InChI=1S/C7H12N2O2/c1-6(3-10)8-2-7-4-11-5-9-7/h4-6,8,10H,2-3H2,1H3/t6-/m0/s1. The highest BCUT2D eigenvalue weighted by Crippen LogP contribution is 1.93. The first-order valence-corrected chi connectivity index (χ1v) is 3.54. The van der Waals surface area contributed by atoms with E-state index in [0.29, 0.717) is 6.54 Å². The van der Waals surface area contributed by atoms with E-state index in [1.807, 2.05) is 6.92 Å². The van der Waals surface area contributed by atoms with Gasteiger partial charge in [-0.05, 0) is 6.92 Å². The highest BCUT2D eigenvalue weighted by Gasteiger charge is 1.99. The Labute approximate surface area is 65.2 Å². The summed E-state index contributed by atoms with van der Waals surface area (Å²) < 4.78 is 4.77. The number of rotatable bonds is 4. The van der Waals surface area contributed by atoms with Crippen molar-refractivity contribution >= 4 is 0 Å². The smallest absolute Gasteiger partial charge is 0.180 e. The zero-order chi connectivity index (χ0) is 8.10. The number of aliphatic hydroxyl groups excluding tert-OH is 1. The lowest BCUT2D eigenvalue weighted by Gasteiger charge is -2.07. The fourth-order valence-electron chi connectivity index (χ4n) is 0.668. The van der Waals surface area contributed by atoms with E-state index in [9.17, 15) is 0 Å². The topological polar surface area (TPSA) is 58.3 Å². The van der Waals surface area contributed by atoms with Crippen LogP contribution in [0.2, 0.25) is 0 Å². The molecule has 1 heterocycles. The van der Waals surface area contributed by atoms with Gasteiger partial charge in [-0.3, -0.25) is 0 Å². The molecule has 0 amide bonds. The minimum atomic E-state index is 0.103. The van der Waals surface area contributed by atoms with Crippen molar-refractivity contribution in [3.8, 4) is 0 Å². The molecule has 0 bridgehead atoms. The fourth-order valence-corrected chi connectivity index (χ4v) is 0.668. The second kappa shape index (κ2) is 4.10. The molecule has 4 heteroatoms. The van der Waals surface area contributed by atoms with Crippen LogP contribution < -0.4 is 5.32 Å². The molecule has 2 N–H and O–H groups in total. The number of nitrogens with one attached hydrogen (secondary N) is 1. The molecular formula is C7H12N2O2. The molecule has 0 saturated carbocycles. The maximum atomic E-state index is 8.66. The summed E-state index contributed by atoms with van der Waals surface area (Å²) in [4.78, 5) is 3.91. The molecule has 1 aromatic rings. The monoisotopic (exact) mass is 156 g/mol. The van der Waals surface area contributed by atoms with Crippen molar-refractivity contribution in [2.75, 3.05) is 6.61 Å². The van der Waals surface area contributed by atoms with Crippen LogP contribution >= 0.6 is 0 Å². The Hall–Kier alpha value is -0.870. The Morgan fingerprint density at radius 2 is 2.64 bits per heavy atom. The van der Waals surface area contributed by atoms with Crippen LogP contribution in [0.15, 0.2) is 17.1 Å². The highest BCUT2D eigenvalue weighted by molar-refractivity contribution is 4.90. The van der Waals surface area contributed by atoms with Crippen LogP contribution in [-0.4, -0.2) is 22.7 Å². The molecule has 0 saturated heterocycles. The van der Waals surface area contributed by atoms with Crippen molar-refractivity contribution in [3.05, 3.63) is 18.4 Å². The quantitative estimate of drug-likeness (QED) is 0.651. The van der Waals surface area contributed by atoms with Crippen LogP contribution in [0.5, 0.6) is 0 Å².